The van der Waals surface area contributed by atoms with Crippen LogP contribution in [0.15, 0.2) is 60.9 Å². The molecule has 0 saturated heterocycles. The normalized spacial score (nSPS) is 10.6. The van der Waals surface area contributed by atoms with E-state index in [9.17, 15) is 0 Å². The number of para-hydroxylation sites is 1. The molecule has 0 aliphatic carbocycles. The summed E-state index contributed by atoms with van der Waals surface area (Å²) in [5.41, 5.74) is 3.86. The summed E-state index contributed by atoms with van der Waals surface area (Å²) in [6.45, 7) is 1.87. The summed E-state index contributed by atoms with van der Waals surface area (Å²) < 4.78 is 1.76. The van der Waals surface area contributed by atoms with Gasteiger partial charge in [-0.05, 0) is 42.0 Å². The first-order chi connectivity index (χ1) is 12.3. The van der Waals surface area contributed by atoms with E-state index in [1.807, 2.05) is 49.5 Å². The minimum Gasteiger partial charge on any atom is -0.240 e. The predicted octanol–water partition coefficient (Wildman–Crippen LogP) is 2.70. The predicted molar refractivity (Wildman–Crippen MR) is 91.2 cm³/mol. The van der Waals surface area contributed by atoms with Crippen molar-refractivity contribution in [3.05, 3.63) is 72.1 Å². The molecule has 4 rings (SSSR count). The van der Waals surface area contributed by atoms with Gasteiger partial charge in [-0.2, -0.15) is 10.4 Å². The maximum atomic E-state index is 9.16. The molecule has 0 spiro atoms. The molecule has 0 radical (unpaired) electrons. The summed E-state index contributed by atoms with van der Waals surface area (Å²) in [5, 5.41) is 26.2. The fourth-order valence-electron chi connectivity index (χ4n) is 2.55. The molecule has 4 aromatic rings. The molecular formula is C18H13N7. The first kappa shape index (κ1) is 14.8. The average molecular weight is 327 g/mol. The molecule has 120 valence electrons. The first-order valence-corrected chi connectivity index (χ1v) is 7.67. The van der Waals surface area contributed by atoms with E-state index in [1.54, 1.807) is 23.0 Å². The van der Waals surface area contributed by atoms with Gasteiger partial charge in [-0.3, -0.25) is 0 Å². The molecule has 2 heterocycles. The smallest absolute Gasteiger partial charge is 0.208 e. The number of rotatable bonds is 3. The standard InChI is InChI=1S/C18H13N7/c1-13-14(10-19)6-5-9-17(13)25-22-18(21-23-25)15-11-20-24(12-15)16-7-3-2-4-8-16/h2-9,11-12H,1H3. The number of hydrogen-bond donors (Lipinski definition) is 0. The zero-order chi connectivity index (χ0) is 17.2. The van der Waals surface area contributed by atoms with E-state index in [4.69, 9.17) is 5.26 Å². The van der Waals surface area contributed by atoms with Crippen LogP contribution < -0.4 is 0 Å². The second-order valence-electron chi connectivity index (χ2n) is 5.47. The van der Waals surface area contributed by atoms with Gasteiger partial charge in [0.2, 0.25) is 5.82 Å². The lowest BCUT2D eigenvalue weighted by Gasteiger charge is -2.04. The van der Waals surface area contributed by atoms with Crippen LogP contribution >= 0.6 is 0 Å². The van der Waals surface area contributed by atoms with Crippen molar-refractivity contribution in [1.29, 1.82) is 5.26 Å². The molecule has 0 N–H and O–H groups in total. The molecule has 2 aromatic heterocycles. The van der Waals surface area contributed by atoms with Crippen molar-refractivity contribution in [3.8, 4) is 28.8 Å². The number of hydrogen-bond acceptors (Lipinski definition) is 5. The average Bonchev–Trinajstić information content (AvgIpc) is 3.32. The third-order valence-corrected chi connectivity index (χ3v) is 3.92. The van der Waals surface area contributed by atoms with E-state index in [0.29, 0.717) is 11.4 Å². The second kappa shape index (κ2) is 6.02. The highest BCUT2D eigenvalue weighted by Crippen LogP contribution is 2.19. The maximum absolute atomic E-state index is 9.16. The van der Waals surface area contributed by atoms with Crippen LogP contribution in [0.3, 0.4) is 0 Å². The summed E-state index contributed by atoms with van der Waals surface area (Å²) in [7, 11) is 0. The Labute approximate surface area is 143 Å². The molecule has 0 fully saturated rings. The van der Waals surface area contributed by atoms with Crippen LogP contribution in [-0.2, 0) is 0 Å². The van der Waals surface area contributed by atoms with Crippen molar-refractivity contribution in [2.75, 3.05) is 0 Å². The van der Waals surface area contributed by atoms with Gasteiger partial charge in [0.15, 0.2) is 0 Å². The highest BCUT2D eigenvalue weighted by molar-refractivity contribution is 5.53. The van der Waals surface area contributed by atoms with Gasteiger partial charge >= 0.3 is 0 Å². The van der Waals surface area contributed by atoms with Crippen molar-refractivity contribution < 1.29 is 0 Å². The minimum absolute atomic E-state index is 0.476. The van der Waals surface area contributed by atoms with Crippen LogP contribution in [-0.4, -0.2) is 30.0 Å². The molecule has 0 atom stereocenters. The zero-order valence-corrected chi connectivity index (χ0v) is 13.4. The maximum Gasteiger partial charge on any atom is 0.208 e. The van der Waals surface area contributed by atoms with Crippen LogP contribution in [0.25, 0.3) is 22.8 Å². The Balaban J connectivity index is 1.69. The van der Waals surface area contributed by atoms with Gasteiger partial charge in [0, 0.05) is 6.20 Å². The van der Waals surface area contributed by atoms with Crippen LogP contribution in [0.2, 0.25) is 0 Å². The quantitative estimate of drug-likeness (QED) is 0.577. The van der Waals surface area contributed by atoms with E-state index in [1.165, 1.54) is 4.80 Å². The SMILES string of the molecule is Cc1c(C#N)cccc1-n1nnc(-c2cnn(-c3ccccc3)c2)n1. The fraction of sp³-hybridized carbons (Fsp3) is 0.0556. The summed E-state index contributed by atoms with van der Waals surface area (Å²) in [4.78, 5) is 1.44. The fourth-order valence-corrected chi connectivity index (χ4v) is 2.55. The molecule has 2 aromatic carbocycles. The van der Waals surface area contributed by atoms with E-state index in [0.717, 1.165) is 22.5 Å². The number of nitriles is 1. The third-order valence-electron chi connectivity index (χ3n) is 3.92. The molecule has 25 heavy (non-hydrogen) atoms. The first-order valence-electron chi connectivity index (χ1n) is 7.67. The Kier molecular flexibility index (Phi) is 3.56. The molecule has 0 amide bonds. The van der Waals surface area contributed by atoms with E-state index >= 15 is 0 Å². The Bertz CT molecular complexity index is 1070. The molecule has 0 aliphatic rings. The number of benzene rings is 2. The van der Waals surface area contributed by atoms with E-state index in [2.05, 4.69) is 26.6 Å². The Morgan fingerprint density at radius 1 is 1.04 bits per heavy atom. The summed E-state index contributed by atoms with van der Waals surface area (Å²) in [6, 6.07) is 17.4. The van der Waals surface area contributed by atoms with Gasteiger partial charge < -0.3 is 0 Å². The minimum atomic E-state index is 0.476. The summed E-state index contributed by atoms with van der Waals surface area (Å²) >= 11 is 0. The van der Waals surface area contributed by atoms with Crippen molar-refractivity contribution in [2.24, 2.45) is 0 Å². The molecule has 0 unspecified atom stereocenters. The van der Waals surface area contributed by atoms with Gasteiger partial charge in [0.25, 0.3) is 0 Å². The summed E-state index contributed by atoms with van der Waals surface area (Å²) in [5.74, 6) is 0.476. The van der Waals surface area contributed by atoms with E-state index in [-0.39, 0.29) is 0 Å². The second-order valence-corrected chi connectivity index (χ2v) is 5.47. The third kappa shape index (κ3) is 2.66. The van der Waals surface area contributed by atoms with Crippen LogP contribution in [0.1, 0.15) is 11.1 Å². The van der Waals surface area contributed by atoms with Crippen molar-refractivity contribution in [2.45, 2.75) is 6.92 Å². The van der Waals surface area contributed by atoms with Gasteiger partial charge in [0.05, 0.1) is 34.8 Å². The molecule has 0 aliphatic heterocycles. The van der Waals surface area contributed by atoms with Crippen LogP contribution in [0, 0.1) is 18.3 Å². The van der Waals surface area contributed by atoms with Gasteiger partial charge in [-0.15, -0.1) is 15.0 Å². The highest BCUT2D eigenvalue weighted by Gasteiger charge is 2.12. The molecule has 7 heteroatoms. The zero-order valence-electron chi connectivity index (χ0n) is 13.4. The Morgan fingerprint density at radius 3 is 2.68 bits per heavy atom. The lowest BCUT2D eigenvalue weighted by Crippen LogP contribution is -2.02. The Morgan fingerprint density at radius 2 is 1.88 bits per heavy atom. The molecular weight excluding hydrogens is 314 g/mol. The van der Waals surface area contributed by atoms with Crippen LogP contribution in [0.5, 0.6) is 0 Å². The van der Waals surface area contributed by atoms with E-state index < -0.39 is 0 Å². The monoisotopic (exact) mass is 327 g/mol. The van der Waals surface area contributed by atoms with Gasteiger partial charge in [0.1, 0.15) is 0 Å². The van der Waals surface area contributed by atoms with Crippen molar-refractivity contribution in [3.63, 3.8) is 0 Å². The molecule has 0 bridgehead atoms. The van der Waals surface area contributed by atoms with Gasteiger partial charge in [-0.1, -0.05) is 24.3 Å². The van der Waals surface area contributed by atoms with Gasteiger partial charge in [-0.25, -0.2) is 4.68 Å². The van der Waals surface area contributed by atoms with Crippen molar-refractivity contribution in [1.82, 2.24) is 30.0 Å². The number of tetrazole rings is 1. The van der Waals surface area contributed by atoms with Crippen molar-refractivity contribution >= 4 is 0 Å². The number of aromatic nitrogens is 6. The molecule has 0 saturated carbocycles. The highest BCUT2D eigenvalue weighted by atomic mass is 15.6. The Hall–Kier alpha value is -3.79. The molecule has 7 nitrogen and oxygen atoms in total. The summed E-state index contributed by atoms with van der Waals surface area (Å²) in [6.07, 6.45) is 3.56. The topological polar surface area (TPSA) is 85.2 Å². The van der Waals surface area contributed by atoms with Crippen LogP contribution in [0.4, 0.5) is 0 Å². The lowest BCUT2D eigenvalue weighted by atomic mass is 10.1. The lowest BCUT2D eigenvalue weighted by molar-refractivity contribution is 0.715. The largest absolute Gasteiger partial charge is 0.240 e. The number of nitrogens with zero attached hydrogens (tertiary/aromatic N) is 7.